The monoisotopic (exact) mass is 182 g/mol. The Balaban J connectivity index is 2.65. The second-order valence-electron chi connectivity index (χ2n) is 4.16. The molecule has 0 saturated heterocycles. The topological polar surface area (TPSA) is 26.3 Å². The molecular weight excluding hydrogens is 164 g/mol. The van der Waals surface area contributed by atoms with Crippen LogP contribution in [-0.2, 0) is 9.53 Å². The maximum Gasteiger partial charge on any atom is 0.330 e. The van der Waals surface area contributed by atoms with Gasteiger partial charge >= 0.3 is 5.97 Å². The largest absolute Gasteiger partial charge is 0.463 e. The van der Waals surface area contributed by atoms with E-state index < -0.39 is 0 Å². The molecule has 0 aromatic carbocycles. The summed E-state index contributed by atoms with van der Waals surface area (Å²) in [5.41, 5.74) is 1.44. The Hall–Kier alpha value is -0.790. The van der Waals surface area contributed by atoms with E-state index >= 15 is 0 Å². The number of carbonyl (C=O) groups is 1. The first-order chi connectivity index (χ1) is 6.06. The molecule has 0 atom stereocenters. The van der Waals surface area contributed by atoms with Crippen LogP contribution >= 0.6 is 0 Å². The van der Waals surface area contributed by atoms with Gasteiger partial charge in [-0.05, 0) is 31.6 Å². The van der Waals surface area contributed by atoms with E-state index in [1.165, 1.54) is 18.4 Å². The molecule has 0 amide bonds. The molecular formula is C11H18O2. The first-order valence-corrected chi connectivity index (χ1v) is 4.94. The summed E-state index contributed by atoms with van der Waals surface area (Å²) in [4.78, 5) is 11.2. The highest BCUT2D eigenvalue weighted by molar-refractivity contribution is 5.83. The van der Waals surface area contributed by atoms with Gasteiger partial charge in [0, 0.05) is 6.08 Å². The molecule has 1 aliphatic carbocycles. The van der Waals surface area contributed by atoms with Crippen LogP contribution < -0.4 is 0 Å². The molecule has 1 aliphatic rings. The van der Waals surface area contributed by atoms with Gasteiger partial charge in [0.1, 0.15) is 0 Å². The highest BCUT2D eigenvalue weighted by atomic mass is 16.5. The van der Waals surface area contributed by atoms with Crippen molar-refractivity contribution in [2.24, 2.45) is 5.41 Å². The average molecular weight is 182 g/mol. The van der Waals surface area contributed by atoms with E-state index in [0.29, 0.717) is 6.61 Å². The van der Waals surface area contributed by atoms with Gasteiger partial charge in [0.25, 0.3) is 0 Å². The predicted octanol–water partition coefficient (Wildman–Crippen LogP) is 2.69. The zero-order valence-electron chi connectivity index (χ0n) is 8.72. The van der Waals surface area contributed by atoms with Crippen LogP contribution in [0.2, 0.25) is 0 Å². The van der Waals surface area contributed by atoms with Gasteiger partial charge in [0.05, 0.1) is 6.61 Å². The molecule has 0 aliphatic heterocycles. The molecule has 1 rings (SSSR count). The van der Waals surface area contributed by atoms with Gasteiger partial charge in [-0.2, -0.15) is 0 Å². The summed E-state index contributed by atoms with van der Waals surface area (Å²) < 4.78 is 4.88. The first kappa shape index (κ1) is 10.3. The van der Waals surface area contributed by atoms with Crippen molar-refractivity contribution in [2.45, 2.75) is 40.0 Å². The van der Waals surface area contributed by atoms with Crippen LogP contribution in [0.1, 0.15) is 40.0 Å². The lowest BCUT2D eigenvalue weighted by Crippen LogP contribution is -2.10. The SMILES string of the molecule is CCOC(=O)/C=C1\CCCC1(C)C. The molecule has 1 fully saturated rings. The average Bonchev–Trinajstić information content (AvgIpc) is 2.31. The zero-order valence-corrected chi connectivity index (χ0v) is 8.72. The van der Waals surface area contributed by atoms with Crippen LogP contribution in [0.3, 0.4) is 0 Å². The number of rotatable bonds is 2. The van der Waals surface area contributed by atoms with E-state index in [2.05, 4.69) is 13.8 Å². The molecule has 2 nitrogen and oxygen atoms in total. The molecule has 74 valence electrons. The molecule has 0 bridgehead atoms. The number of ether oxygens (including phenoxy) is 1. The lowest BCUT2D eigenvalue weighted by atomic mass is 9.87. The van der Waals surface area contributed by atoms with Crippen LogP contribution in [0.5, 0.6) is 0 Å². The highest BCUT2D eigenvalue weighted by Gasteiger charge is 2.29. The van der Waals surface area contributed by atoms with Crippen molar-refractivity contribution in [3.63, 3.8) is 0 Å². The van der Waals surface area contributed by atoms with Crippen LogP contribution in [0.4, 0.5) is 0 Å². The van der Waals surface area contributed by atoms with E-state index in [9.17, 15) is 4.79 Å². The maximum absolute atomic E-state index is 11.2. The zero-order chi connectivity index (χ0) is 9.90. The van der Waals surface area contributed by atoms with E-state index in [4.69, 9.17) is 4.74 Å². The minimum atomic E-state index is -0.188. The van der Waals surface area contributed by atoms with Crippen molar-refractivity contribution in [3.05, 3.63) is 11.6 Å². The predicted molar refractivity (Wildman–Crippen MR) is 52.3 cm³/mol. The molecule has 0 aromatic rings. The van der Waals surface area contributed by atoms with Gasteiger partial charge in [0.2, 0.25) is 0 Å². The smallest absolute Gasteiger partial charge is 0.330 e. The second kappa shape index (κ2) is 3.95. The molecule has 13 heavy (non-hydrogen) atoms. The summed E-state index contributed by atoms with van der Waals surface area (Å²) >= 11 is 0. The Morgan fingerprint density at radius 2 is 2.31 bits per heavy atom. The van der Waals surface area contributed by atoms with Crippen molar-refractivity contribution >= 4 is 5.97 Å². The van der Waals surface area contributed by atoms with E-state index in [1.54, 1.807) is 6.08 Å². The third-order valence-corrected chi connectivity index (χ3v) is 2.70. The van der Waals surface area contributed by atoms with E-state index in [-0.39, 0.29) is 11.4 Å². The summed E-state index contributed by atoms with van der Waals surface area (Å²) in [6.45, 7) is 6.66. The fourth-order valence-electron chi connectivity index (χ4n) is 1.81. The van der Waals surface area contributed by atoms with Crippen molar-refractivity contribution < 1.29 is 9.53 Å². The Bertz CT molecular complexity index is 226. The third-order valence-electron chi connectivity index (χ3n) is 2.70. The third kappa shape index (κ3) is 2.58. The molecule has 0 unspecified atom stereocenters. The Labute approximate surface area is 80.0 Å². The van der Waals surface area contributed by atoms with E-state index in [1.807, 2.05) is 6.92 Å². The summed E-state index contributed by atoms with van der Waals surface area (Å²) in [6.07, 6.45) is 5.10. The summed E-state index contributed by atoms with van der Waals surface area (Å²) in [7, 11) is 0. The molecule has 0 radical (unpaired) electrons. The van der Waals surface area contributed by atoms with Crippen molar-refractivity contribution in [2.75, 3.05) is 6.61 Å². The first-order valence-electron chi connectivity index (χ1n) is 4.94. The van der Waals surface area contributed by atoms with Crippen molar-refractivity contribution in [3.8, 4) is 0 Å². The lowest BCUT2D eigenvalue weighted by Gasteiger charge is -2.18. The van der Waals surface area contributed by atoms with Crippen LogP contribution in [-0.4, -0.2) is 12.6 Å². The minimum absolute atomic E-state index is 0.188. The molecule has 1 saturated carbocycles. The van der Waals surface area contributed by atoms with Gasteiger partial charge in [-0.1, -0.05) is 19.4 Å². The Morgan fingerprint density at radius 1 is 1.62 bits per heavy atom. The second-order valence-corrected chi connectivity index (χ2v) is 4.16. The Morgan fingerprint density at radius 3 is 2.77 bits per heavy atom. The number of esters is 1. The van der Waals surface area contributed by atoms with Crippen molar-refractivity contribution in [1.82, 2.24) is 0 Å². The molecule has 0 N–H and O–H groups in total. The van der Waals surface area contributed by atoms with Crippen LogP contribution in [0.25, 0.3) is 0 Å². The lowest BCUT2D eigenvalue weighted by molar-refractivity contribution is -0.137. The maximum atomic E-state index is 11.2. The fraction of sp³-hybridized carbons (Fsp3) is 0.727. The quantitative estimate of drug-likeness (QED) is 0.485. The minimum Gasteiger partial charge on any atom is -0.463 e. The van der Waals surface area contributed by atoms with Crippen molar-refractivity contribution in [1.29, 1.82) is 0 Å². The molecule has 2 heteroatoms. The van der Waals surface area contributed by atoms with Gasteiger partial charge in [0.15, 0.2) is 0 Å². The van der Waals surface area contributed by atoms with Crippen LogP contribution in [0, 0.1) is 5.41 Å². The number of carbonyl (C=O) groups excluding carboxylic acids is 1. The van der Waals surface area contributed by atoms with Gasteiger partial charge < -0.3 is 4.74 Å². The normalized spacial score (nSPS) is 23.5. The molecule has 0 aromatic heterocycles. The highest BCUT2D eigenvalue weighted by Crippen LogP contribution is 2.41. The summed E-state index contributed by atoms with van der Waals surface area (Å²) in [5, 5.41) is 0. The summed E-state index contributed by atoms with van der Waals surface area (Å²) in [6, 6.07) is 0. The number of allylic oxidation sites excluding steroid dienone is 1. The van der Waals surface area contributed by atoms with Gasteiger partial charge in [-0.3, -0.25) is 0 Å². The number of hydrogen-bond acceptors (Lipinski definition) is 2. The van der Waals surface area contributed by atoms with Gasteiger partial charge in [-0.15, -0.1) is 0 Å². The molecule has 0 spiro atoms. The number of hydrogen-bond donors (Lipinski definition) is 0. The fourth-order valence-corrected chi connectivity index (χ4v) is 1.81. The summed E-state index contributed by atoms with van der Waals surface area (Å²) in [5.74, 6) is -0.188. The van der Waals surface area contributed by atoms with E-state index in [0.717, 1.165) is 6.42 Å². The Kier molecular flexibility index (Phi) is 3.12. The molecule has 0 heterocycles. The standard InChI is InChI=1S/C11H18O2/c1-4-13-10(12)8-9-6-5-7-11(9,2)3/h8H,4-7H2,1-3H3/b9-8+. The van der Waals surface area contributed by atoms with Crippen LogP contribution in [0.15, 0.2) is 11.6 Å². The van der Waals surface area contributed by atoms with Gasteiger partial charge in [-0.25, -0.2) is 4.79 Å².